The van der Waals surface area contributed by atoms with Gasteiger partial charge in [0.25, 0.3) is 0 Å². The van der Waals surface area contributed by atoms with Gasteiger partial charge in [0.05, 0.1) is 0 Å². The van der Waals surface area contributed by atoms with E-state index in [0.717, 1.165) is 59.1 Å². The van der Waals surface area contributed by atoms with E-state index >= 15 is 0 Å². The van der Waals surface area contributed by atoms with Crippen LogP contribution in [0.4, 0.5) is 0 Å². The number of nitrogens with zero attached hydrogens (tertiary/aromatic N) is 3. The summed E-state index contributed by atoms with van der Waals surface area (Å²) in [6, 6.07) is 0. The lowest BCUT2D eigenvalue weighted by Crippen LogP contribution is -2.34. The number of ether oxygens (including phenoxy) is 3. The molecule has 47 heavy (non-hydrogen) atoms. The minimum Gasteiger partial charge on any atom is -0.363 e. The van der Waals surface area contributed by atoms with Crippen LogP contribution in [0.3, 0.4) is 0 Å². The second-order valence-corrected chi connectivity index (χ2v) is 12.8. The van der Waals surface area contributed by atoms with Gasteiger partial charge < -0.3 is 28.9 Å². The van der Waals surface area contributed by atoms with Crippen molar-refractivity contribution in [3.8, 4) is 0 Å². The molecule has 0 aromatic heterocycles. The highest BCUT2D eigenvalue weighted by molar-refractivity contribution is 7.45. The molecule has 0 amide bonds. The van der Waals surface area contributed by atoms with Crippen molar-refractivity contribution in [1.29, 1.82) is 0 Å². The molecule has 0 radical (unpaired) electrons. The van der Waals surface area contributed by atoms with Crippen LogP contribution in [0.15, 0.2) is 0 Å². The highest BCUT2D eigenvalue weighted by atomic mass is 31.2. The van der Waals surface area contributed by atoms with Crippen molar-refractivity contribution in [2.45, 2.75) is 179 Å². The van der Waals surface area contributed by atoms with Crippen LogP contribution in [0.2, 0.25) is 0 Å². The Morgan fingerprint density at radius 3 is 0.766 bits per heavy atom. The van der Waals surface area contributed by atoms with Crippen molar-refractivity contribution in [3.05, 3.63) is 0 Å². The molecule has 0 aromatic rings. The van der Waals surface area contributed by atoms with Gasteiger partial charge in [0.1, 0.15) is 18.7 Å². The Kier molecular flexibility index (Phi) is 46.0. The van der Waals surface area contributed by atoms with Crippen molar-refractivity contribution >= 4 is 7.82 Å². The molecular formula is C36H84N3O7P. The molecule has 0 aliphatic heterocycles. The maximum Gasteiger partial charge on any atom is 0.466 e. The molecule has 0 saturated heterocycles. The van der Waals surface area contributed by atoms with Gasteiger partial charge in [-0.2, -0.15) is 0 Å². The molecule has 0 aliphatic carbocycles. The maximum absolute atomic E-state index is 8.88. The molecule has 0 bridgehead atoms. The van der Waals surface area contributed by atoms with Crippen LogP contribution in [0.1, 0.15) is 160 Å². The third-order valence-corrected chi connectivity index (χ3v) is 8.05. The summed E-state index contributed by atoms with van der Waals surface area (Å²) >= 11 is 0. The van der Waals surface area contributed by atoms with Crippen LogP contribution >= 0.6 is 7.82 Å². The summed E-state index contributed by atoms with van der Waals surface area (Å²) in [4.78, 5) is 28.6. The van der Waals surface area contributed by atoms with E-state index in [9.17, 15) is 0 Å². The largest absolute Gasteiger partial charge is 0.466 e. The van der Waals surface area contributed by atoms with E-state index in [1.807, 2.05) is 0 Å². The molecule has 3 atom stereocenters. The minimum absolute atomic E-state index is 0.284. The molecule has 290 valence electrons. The monoisotopic (exact) mass is 702 g/mol. The molecule has 10 nitrogen and oxygen atoms in total. The number of phosphoric acid groups is 1. The van der Waals surface area contributed by atoms with Gasteiger partial charge in [0.2, 0.25) is 0 Å². The Morgan fingerprint density at radius 2 is 0.617 bits per heavy atom. The van der Waals surface area contributed by atoms with Crippen LogP contribution in [0, 0.1) is 0 Å². The summed E-state index contributed by atoms with van der Waals surface area (Å²) in [5.74, 6) is 0. The van der Waals surface area contributed by atoms with Crippen LogP contribution in [0.5, 0.6) is 0 Å². The average molecular weight is 702 g/mol. The van der Waals surface area contributed by atoms with Gasteiger partial charge in [-0.3, -0.25) is 14.7 Å². The zero-order valence-electron chi connectivity index (χ0n) is 33.3. The molecule has 0 heterocycles. The molecule has 0 aromatic carbocycles. The van der Waals surface area contributed by atoms with Gasteiger partial charge in [-0.1, -0.05) is 120 Å². The van der Waals surface area contributed by atoms with E-state index in [2.05, 4.69) is 97.8 Å². The molecule has 0 saturated carbocycles. The standard InChI is InChI=1S/3C12H27NO.H3O4P/c3*1-5-8-9-10-11-14-12(4)13(6-2)7-3;1-5(2,3)4/h3*12H,5-11H2,1-4H3;(H3,1,2,3,4). The summed E-state index contributed by atoms with van der Waals surface area (Å²) in [5, 5.41) is 0. The van der Waals surface area contributed by atoms with Gasteiger partial charge in [-0.25, -0.2) is 4.57 Å². The SMILES string of the molecule is CCCCCCOC(C)N(CC)CC.CCCCCCOC(C)N(CC)CC.CCCCCCOC(C)N(CC)CC.O=P(O)(O)O. The van der Waals surface area contributed by atoms with E-state index in [4.69, 9.17) is 33.5 Å². The van der Waals surface area contributed by atoms with E-state index in [0.29, 0.717) is 0 Å². The fourth-order valence-corrected chi connectivity index (χ4v) is 4.88. The first kappa shape index (κ1) is 53.7. The minimum atomic E-state index is -4.64. The van der Waals surface area contributed by atoms with Crippen molar-refractivity contribution in [2.24, 2.45) is 0 Å². The van der Waals surface area contributed by atoms with Crippen LogP contribution in [-0.4, -0.2) is 107 Å². The molecular weight excluding hydrogens is 617 g/mol. The van der Waals surface area contributed by atoms with E-state index in [1.165, 1.54) is 77.0 Å². The van der Waals surface area contributed by atoms with Crippen molar-refractivity contribution < 1.29 is 33.5 Å². The fraction of sp³-hybridized carbons (Fsp3) is 1.00. The third kappa shape index (κ3) is 43.8. The van der Waals surface area contributed by atoms with Crippen LogP contribution in [0.25, 0.3) is 0 Å². The highest BCUT2D eigenvalue weighted by Crippen LogP contribution is 2.25. The predicted molar refractivity (Wildman–Crippen MR) is 202 cm³/mol. The third-order valence-electron chi connectivity index (χ3n) is 8.05. The number of unbranched alkanes of at least 4 members (excludes halogenated alkanes) is 9. The van der Waals surface area contributed by atoms with Gasteiger partial charge in [-0.05, 0) is 79.3 Å². The highest BCUT2D eigenvalue weighted by Gasteiger charge is 2.10. The molecule has 0 spiro atoms. The Labute approximate surface area is 293 Å². The van der Waals surface area contributed by atoms with E-state index in [1.54, 1.807) is 0 Å². The number of hydrogen-bond acceptors (Lipinski definition) is 7. The first-order chi connectivity index (χ1) is 22.3. The first-order valence-corrected chi connectivity index (χ1v) is 20.7. The topological polar surface area (TPSA) is 115 Å². The van der Waals surface area contributed by atoms with Crippen LogP contribution in [-0.2, 0) is 18.8 Å². The molecule has 0 rings (SSSR count). The summed E-state index contributed by atoms with van der Waals surface area (Å²) in [6.07, 6.45) is 16.3. The lowest BCUT2D eigenvalue weighted by atomic mass is 10.2. The Bertz CT molecular complexity index is 545. The molecule has 3 unspecified atom stereocenters. The zero-order chi connectivity index (χ0) is 36.9. The number of hydrogen-bond donors (Lipinski definition) is 3. The smallest absolute Gasteiger partial charge is 0.363 e. The Balaban J connectivity index is -0.000000275. The second-order valence-electron chi connectivity index (χ2n) is 11.8. The Morgan fingerprint density at radius 1 is 0.426 bits per heavy atom. The fourth-order valence-electron chi connectivity index (χ4n) is 4.88. The summed E-state index contributed by atoms with van der Waals surface area (Å²) < 4.78 is 26.2. The van der Waals surface area contributed by atoms with Crippen molar-refractivity contribution in [1.82, 2.24) is 14.7 Å². The van der Waals surface area contributed by atoms with Crippen molar-refractivity contribution in [3.63, 3.8) is 0 Å². The maximum atomic E-state index is 8.88. The van der Waals surface area contributed by atoms with Crippen LogP contribution < -0.4 is 0 Å². The summed E-state index contributed by atoms with van der Waals surface area (Å²) in [6.45, 7) is 35.4. The van der Waals surface area contributed by atoms with Gasteiger partial charge in [0, 0.05) is 19.8 Å². The van der Waals surface area contributed by atoms with Crippen molar-refractivity contribution in [2.75, 3.05) is 59.1 Å². The van der Waals surface area contributed by atoms with Gasteiger partial charge in [-0.15, -0.1) is 0 Å². The quantitative estimate of drug-likeness (QED) is 0.0436. The summed E-state index contributed by atoms with van der Waals surface area (Å²) in [5.41, 5.74) is 0. The molecule has 0 aliphatic rings. The predicted octanol–water partition coefficient (Wildman–Crippen LogP) is 8.88. The summed E-state index contributed by atoms with van der Waals surface area (Å²) in [7, 11) is -4.64. The van der Waals surface area contributed by atoms with Gasteiger partial charge >= 0.3 is 7.82 Å². The first-order valence-electron chi connectivity index (χ1n) is 19.1. The lowest BCUT2D eigenvalue weighted by Gasteiger charge is -2.26. The van der Waals surface area contributed by atoms with E-state index < -0.39 is 7.82 Å². The van der Waals surface area contributed by atoms with Gasteiger partial charge in [0.15, 0.2) is 0 Å². The second kappa shape index (κ2) is 40.3. The zero-order valence-corrected chi connectivity index (χ0v) is 34.2. The molecule has 0 fully saturated rings. The molecule has 3 N–H and O–H groups in total. The average Bonchev–Trinajstić information content (AvgIpc) is 3.02. The normalized spacial score (nSPS) is 13.3. The Hall–Kier alpha value is -0.130. The lowest BCUT2D eigenvalue weighted by molar-refractivity contribution is -0.0440. The number of rotatable bonds is 27. The molecule has 11 heteroatoms. The van der Waals surface area contributed by atoms with E-state index in [-0.39, 0.29) is 18.7 Å².